The van der Waals surface area contributed by atoms with Crippen molar-refractivity contribution in [1.29, 1.82) is 0 Å². The van der Waals surface area contributed by atoms with Crippen LogP contribution in [0.2, 0.25) is 0 Å². The lowest BCUT2D eigenvalue weighted by molar-refractivity contribution is -0.152. The molecule has 12 atom stereocenters. The van der Waals surface area contributed by atoms with Crippen LogP contribution in [0.1, 0.15) is 82.1 Å². The molecule has 0 aliphatic heterocycles. The quantitative estimate of drug-likeness (QED) is 0.0259. The number of nitrogens with zero attached hydrogens (tertiary/aromatic N) is 4. The molecule has 0 heterocycles. The minimum atomic E-state index is -1.62. The third-order valence-electron chi connectivity index (χ3n) is 10.9. The first-order chi connectivity index (χ1) is 29.1. The Bertz CT molecular complexity index is 1690. The van der Waals surface area contributed by atoms with Crippen LogP contribution in [0.25, 0.3) is 0 Å². The number of carbonyl (C=O) groups excluding carboxylic acids is 11. The van der Waals surface area contributed by atoms with Gasteiger partial charge in [0.05, 0.1) is 18.6 Å². The molecule has 0 radical (unpaired) electrons. The molecule has 0 spiro atoms. The first-order valence-corrected chi connectivity index (χ1v) is 20.6. The molecule has 0 aromatic rings. The van der Waals surface area contributed by atoms with Gasteiger partial charge in [-0.25, -0.2) is 0 Å². The van der Waals surface area contributed by atoms with Gasteiger partial charge in [0.2, 0.25) is 53.7 Å². The van der Waals surface area contributed by atoms with Gasteiger partial charge in [-0.15, -0.1) is 0 Å². The van der Waals surface area contributed by atoms with E-state index in [2.05, 4.69) is 26.6 Å². The standard InChI is InChI=1S/C41H69N9O13/c1-15-16-17-21(2)33(55)32(37(59)46-31(29(10)53)30(54)18-19-51)50(14)41(63)28(9)49(13)40(62)25(6)45-36(58)27(8)48(12)39(61)24(5)44-34(56)22(3)43-35(57)26(7)47(11)38(60)23(4)42-20-52/h15-16,19-29,31-33,53,55H,17-18H2,1-14H3,(H,42,52)(H,43,57)(H,44,56)(H,45,58)(H,46,59)/b16-15+. The molecule has 22 nitrogen and oxygen atoms in total. The normalized spacial score (nSPS) is 16.9. The van der Waals surface area contributed by atoms with Crippen molar-refractivity contribution in [2.75, 3.05) is 28.2 Å². The predicted molar refractivity (Wildman–Crippen MR) is 229 cm³/mol. The molecule has 0 aromatic carbocycles. The Morgan fingerprint density at radius 2 is 0.968 bits per heavy atom. The van der Waals surface area contributed by atoms with Crippen LogP contribution in [0.15, 0.2) is 12.2 Å². The van der Waals surface area contributed by atoms with Gasteiger partial charge in [0.1, 0.15) is 60.7 Å². The highest BCUT2D eigenvalue weighted by Crippen LogP contribution is 2.19. The average molecular weight is 896 g/mol. The van der Waals surface area contributed by atoms with E-state index in [9.17, 15) is 63.0 Å². The lowest BCUT2D eigenvalue weighted by Gasteiger charge is -2.37. The Labute approximate surface area is 369 Å². The second-order valence-corrected chi connectivity index (χ2v) is 15.8. The summed E-state index contributed by atoms with van der Waals surface area (Å²) >= 11 is 0. The molecule has 63 heavy (non-hydrogen) atoms. The Balaban J connectivity index is 5.82. The summed E-state index contributed by atoms with van der Waals surface area (Å²) in [6.07, 6.45) is 0.918. The van der Waals surface area contributed by atoms with Gasteiger partial charge in [-0.2, -0.15) is 0 Å². The summed E-state index contributed by atoms with van der Waals surface area (Å²) in [5, 5.41) is 33.6. The molecule has 7 N–H and O–H groups in total. The van der Waals surface area contributed by atoms with Crippen molar-refractivity contribution in [2.24, 2.45) is 5.92 Å². The molecule has 0 aliphatic rings. The lowest BCUT2D eigenvalue weighted by atomic mass is 9.92. The van der Waals surface area contributed by atoms with E-state index in [-0.39, 0.29) is 0 Å². The van der Waals surface area contributed by atoms with E-state index in [4.69, 9.17) is 0 Å². The van der Waals surface area contributed by atoms with Crippen molar-refractivity contribution in [2.45, 2.75) is 149 Å². The fourth-order valence-corrected chi connectivity index (χ4v) is 6.09. The van der Waals surface area contributed by atoms with Crippen LogP contribution in [0.4, 0.5) is 0 Å². The maximum absolute atomic E-state index is 13.9. The molecule has 0 saturated carbocycles. The van der Waals surface area contributed by atoms with Gasteiger partial charge in [-0.1, -0.05) is 19.1 Å². The first kappa shape index (κ1) is 57.2. The van der Waals surface area contributed by atoms with Crippen molar-refractivity contribution in [1.82, 2.24) is 46.2 Å². The van der Waals surface area contributed by atoms with E-state index >= 15 is 0 Å². The summed E-state index contributed by atoms with van der Waals surface area (Å²) in [6, 6.07) is -11.1. The van der Waals surface area contributed by atoms with Crippen LogP contribution in [-0.2, 0) is 52.7 Å². The van der Waals surface area contributed by atoms with Gasteiger partial charge < -0.3 is 61.2 Å². The minimum Gasteiger partial charge on any atom is -0.391 e. The van der Waals surface area contributed by atoms with Gasteiger partial charge in [0.15, 0.2) is 5.78 Å². The molecule has 0 saturated heterocycles. The molecule has 0 rings (SSSR count). The predicted octanol–water partition coefficient (Wildman–Crippen LogP) is -3.01. The monoisotopic (exact) mass is 896 g/mol. The number of ketones is 1. The molecule has 9 amide bonds. The second-order valence-electron chi connectivity index (χ2n) is 15.8. The van der Waals surface area contributed by atoms with Crippen LogP contribution in [0.5, 0.6) is 0 Å². The number of hydrogen-bond donors (Lipinski definition) is 7. The number of hydrogen-bond acceptors (Lipinski definition) is 13. The Kier molecular flexibility index (Phi) is 24.2. The summed E-state index contributed by atoms with van der Waals surface area (Å²) < 4.78 is 0. The van der Waals surface area contributed by atoms with Crippen molar-refractivity contribution in [3.05, 3.63) is 12.2 Å². The molecular formula is C41H69N9O13. The summed E-state index contributed by atoms with van der Waals surface area (Å²) in [7, 11) is 5.16. The fourth-order valence-electron chi connectivity index (χ4n) is 6.09. The number of aliphatic hydroxyl groups excluding tert-OH is 2. The second kappa shape index (κ2) is 26.6. The summed E-state index contributed by atoms with van der Waals surface area (Å²) in [5.41, 5.74) is 0. The molecule has 0 aliphatic carbocycles. The topological polar surface area (TPSA) is 301 Å². The van der Waals surface area contributed by atoms with Gasteiger partial charge in [0.25, 0.3) is 0 Å². The molecule has 356 valence electrons. The zero-order valence-corrected chi connectivity index (χ0v) is 38.8. The van der Waals surface area contributed by atoms with Gasteiger partial charge >= 0.3 is 0 Å². The number of nitrogens with one attached hydrogen (secondary N) is 5. The number of Topliss-reactive ketones (excluding diaryl/α,β-unsaturated/α-hetero) is 1. The highest BCUT2D eigenvalue weighted by Gasteiger charge is 2.41. The fraction of sp³-hybridized carbons (Fsp3) is 0.683. The number of allylic oxidation sites excluding steroid dienone is 2. The number of aliphatic hydroxyl groups is 2. The zero-order valence-electron chi connectivity index (χ0n) is 38.8. The smallest absolute Gasteiger partial charge is 0.246 e. The molecule has 22 heteroatoms. The van der Waals surface area contributed by atoms with Crippen molar-refractivity contribution in [3.8, 4) is 0 Å². The van der Waals surface area contributed by atoms with Crippen LogP contribution in [0.3, 0.4) is 0 Å². The Morgan fingerprint density at radius 1 is 0.540 bits per heavy atom. The Morgan fingerprint density at radius 3 is 1.40 bits per heavy atom. The minimum absolute atomic E-state index is 0.302. The highest BCUT2D eigenvalue weighted by molar-refractivity contribution is 5.99. The molecule has 0 fully saturated rings. The maximum Gasteiger partial charge on any atom is 0.246 e. The van der Waals surface area contributed by atoms with E-state index in [0.717, 1.165) is 19.6 Å². The number of rotatable bonds is 26. The third kappa shape index (κ3) is 16.5. The van der Waals surface area contributed by atoms with Crippen LogP contribution in [0, 0.1) is 5.92 Å². The van der Waals surface area contributed by atoms with Crippen LogP contribution >= 0.6 is 0 Å². The average Bonchev–Trinajstić information content (AvgIpc) is 3.24. The SMILES string of the molecule is C/C=C/CC(C)C(O)C(C(=O)NC(C(=O)CC=O)C(C)O)N(C)C(=O)C(C)N(C)C(=O)C(C)NC(=O)C(C)N(C)C(=O)C(C)NC(=O)C(C)NC(=O)C(C)N(C)C(=O)C(C)NC=O. The number of carbonyl (C=O) groups is 11. The summed E-state index contributed by atoms with van der Waals surface area (Å²) in [5.74, 6) is -7.39. The Hall–Kier alpha value is -5.77. The van der Waals surface area contributed by atoms with E-state index in [1.165, 1.54) is 83.6 Å². The maximum atomic E-state index is 13.9. The highest BCUT2D eigenvalue weighted by atomic mass is 16.3. The lowest BCUT2D eigenvalue weighted by Crippen LogP contribution is -2.62. The molecule has 0 aromatic heterocycles. The van der Waals surface area contributed by atoms with E-state index in [1.54, 1.807) is 26.0 Å². The number of likely N-dealkylation sites (N-methyl/N-ethyl adjacent to an activating group) is 4. The van der Waals surface area contributed by atoms with Crippen molar-refractivity contribution >= 4 is 65.7 Å². The van der Waals surface area contributed by atoms with Crippen molar-refractivity contribution in [3.63, 3.8) is 0 Å². The third-order valence-corrected chi connectivity index (χ3v) is 10.9. The van der Waals surface area contributed by atoms with E-state index < -0.39 is 132 Å². The zero-order chi connectivity index (χ0) is 49.2. The summed E-state index contributed by atoms with van der Waals surface area (Å²) in [4.78, 5) is 144. The number of aldehydes is 1. The van der Waals surface area contributed by atoms with E-state index in [1.807, 2.05) is 0 Å². The number of amides is 9. The van der Waals surface area contributed by atoms with Gasteiger partial charge in [0, 0.05) is 28.2 Å². The van der Waals surface area contributed by atoms with Crippen molar-refractivity contribution < 1.29 is 63.0 Å². The first-order valence-electron chi connectivity index (χ1n) is 20.6. The molecule has 0 bridgehead atoms. The van der Waals surface area contributed by atoms with Crippen LogP contribution in [-0.4, -0.2) is 190 Å². The van der Waals surface area contributed by atoms with Gasteiger partial charge in [-0.3, -0.25) is 47.9 Å². The van der Waals surface area contributed by atoms with Gasteiger partial charge in [-0.05, 0) is 74.7 Å². The largest absolute Gasteiger partial charge is 0.391 e. The van der Waals surface area contributed by atoms with E-state index in [0.29, 0.717) is 19.1 Å². The molecular weight excluding hydrogens is 827 g/mol. The van der Waals surface area contributed by atoms with Crippen LogP contribution < -0.4 is 26.6 Å². The molecule has 12 unspecified atom stereocenters. The summed E-state index contributed by atoms with van der Waals surface area (Å²) in [6.45, 7) is 14.3.